The lowest BCUT2D eigenvalue weighted by Crippen LogP contribution is -2.49. The largest absolute Gasteiger partial charge is 0.383 e. The molecule has 0 spiro atoms. The third-order valence-corrected chi connectivity index (χ3v) is 3.62. The molecule has 1 saturated heterocycles. The van der Waals surface area contributed by atoms with E-state index in [1.165, 1.54) is 12.3 Å². The maximum atomic E-state index is 10.7. The predicted molar refractivity (Wildman–Crippen MR) is 76.0 cm³/mol. The second-order valence-electron chi connectivity index (χ2n) is 5.21. The van der Waals surface area contributed by atoms with Gasteiger partial charge in [0, 0.05) is 19.7 Å². The van der Waals surface area contributed by atoms with E-state index in [9.17, 15) is 10.1 Å². The maximum Gasteiger partial charge on any atom is 0.287 e. The number of nitrogens with zero attached hydrogens (tertiary/aromatic N) is 2. The molecule has 0 aromatic carbocycles. The zero-order chi connectivity index (χ0) is 14.6. The first-order valence-electron chi connectivity index (χ1n) is 6.65. The molecule has 7 heteroatoms. The van der Waals surface area contributed by atoms with Crippen molar-refractivity contribution in [3.05, 3.63) is 27.9 Å². The van der Waals surface area contributed by atoms with Crippen LogP contribution >= 0.6 is 0 Å². The van der Waals surface area contributed by atoms with Crippen LogP contribution in [0.3, 0.4) is 0 Å². The molecule has 20 heavy (non-hydrogen) atoms. The number of aromatic nitrogens is 1. The van der Waals surface area contributed by atoms with Gasteiger partial charge in [0.2, 0.25) is 0 Å². The standard InChI is InChI=1S/C13H20N4O3/c1-10-6-11(17(18)19)7-14-12(10)15-8-13(9-20-2)4-3-5-16-13/h6-7,16H,3-5,8-9H2,1-2H3,(H,14,15). The molecule has 0 radical (unpaired) electrons. The van der Waals surface area contributed by atoms with Crippen LogP contribution in [0, 0.1) is 17.0 Å². The highest BCUT2D eigenvalue weighted by atomic mass is 16.6. The van der Waals surface area contributed by atoms with Gasteiger partial charge in [-0.05, 0) is 31.9 Å². The van der Waals surface area contributed by atoms with Crippen molar-refractivity contribution < 1.29 is 9.66 Å². The van der Waals surface area contributed by atoms with E-state index in [2.05, 4.69) is 15.6 Å². The summed E-state index contributed by atoms with van der Waals surface area (Å²) in [6.07, 6.45) is 3.44. The molecule has 0 amide bonds. The summed E-state index contributed by atoms with van der Waals surface area (Å²) in [7, 11) is 1.69. The summed E-state index contributed by atoms with van der Waals surface area (Å²) in [5.41, 5.74) is 0.702. The monoisotopic (exact) mass is 280 g/mol. The molecule has 1 aromatic heterocycles. The molecule has 1 fully saturated rings. The zero-order valence-electron chi connectivity index (χ0n) is 11.8. The van der Waals surface area contributed by atoms with E-state index in [1.807, 2.05) is 6.92 Å². The van der Waals surface area contributed by atoms with Crippen molar-refractivity contribution in [1.82, 2.24) is 10.3 Å². The van der Waals surface area contributed by atoms with Crippen LogP contribution < -0.4 is 10.6 Å². The van der Waals surface area contributed by atoms with E-state index in [0.29, 0.717) is 19.0 Å². The van der Waals surface area contributed by atoms with Crippen LogP contribution in [-0.2, 0) is 4.74 Å². The first kappa shape index (κ1) is 14.7. The minimum atomic E-state index is -0.436. The third-order valence-electron chi connectivity index (χ3n) is 3.62. The average molecular weight is 280 g/mol. The molecule has 1 unspecified atom stereocenters. The van der Waals surface area contributed by atoms with Gasteiger partial charge in [-0.25, -0.2) is 4.98 Å². The summed E-state index contributed by atoms with van der Waals surface area (Å²) < 4.78 is 5.29. The molecule has 1 aromatic rings. The number of aryl methyl sites for hydroxylation is 1. The lowest BCUT2D eigenvalue weighted by atomic mass is 9.98. The Kier molecular flexibility index (Phi) is 4.51. The molecular formula is C13H20N4O3. The van der Waals surface area contributed by atoms with Gasteiger partial charge in [0.05, 0.1) is 17.1 Å². The minimum absolute atomic E-state index is 0.0126. The second-order valence-corrected chi connectivity index (χ2v) is 5.21. The van der Waals surface area contributed by atoms with Crippen molar-refractivity contribution in [2.75, 3.05) is 32.1 Å². The fourth-order valence-corrected chi connectivity index (χ4v) is 2.57. The quantitative estimate of drug-likeness (QED) is 0.606. The van der Waals surface area contributed by atoms with Gasteiger partial charge in [-0.15, -0.1) is 0 Å². The molecule has 7 nitrogen and oxygen atoms in total. The molecule has 1 atom stereocenters. The topological polar surface area (TPSA) is 89.3 Å². The number of nitrogens with one attached hydrogen (secondary N) is 2. The van der Waals surface area contributed by atoms with Crippen molar-refractivity contribution in [2.24, 2.45) is 0 Å². The molecule has 110 valence electrons. The van der Waals surface area contributed by atoms with Crippen molar-refractivity contribution in [2.45, 2.75) is 25.3 Å². The summed E-state index contributed by atoms with van der Waals surface area (Å²) in [6, 6.07) is 1.53. The zero-order valence-corrected chi connectivity index (χ0v) is 11.8. The van der Waals surface area contributed by atoms with E-state index >= 15 is 0 Å². The van der Waals surface area contributed by atoms with Gasteiger partial charge >= 0.3 is 0 Å². The Hall–Kier alpha value is -1.73. The number of hydrogen-bond donors (Lipinski definition) is 2. The van der Waals surface area contributed by atoms with Crippen LogP contribution in [-0.4, -0.2) is 42.3 Å². The molecule has 2 rings (SSSR count). The van der Waals surface area contributed by atoms with E-state index in [1.54, 1.807) is 7.11 Å². The van der Waals surface area contributed by atoms with E-state index in [4.69, 9.17) is 4.74 Å². The van der Waals surface area contributed by atoms with Crippen LogP contribution in [0.25, 0.3) is 0 Å². The highest BCUT2D eigenvalue weighted by Crippen LogP contribution is 2.22. The van der Waals surface area contributed by atoms with Gasteiger partial charge in [0.25, 0.3) is 5.69 Å². The first-order chi connectivity index (χ1) is 9.56. The Morgan fingerprint density at radius 2 is 2.45 bits per heavy atom. The SMILES string of the molecule is COCC1(CNc2ncc([N+](=O)[O-])cc2C)CCCN1. The predicted octanol–water partition coefficient (Wildman–Crippen LogP) is 1.48. The summed E-state index contributed by atoms with van der Waals surface area (Å²) in [6.45, 7) is 4.11. The molecule has 1 aliphatic rings. The van der Waals surface area contributed by atoms with Gasteiger partial charge in [-0.1, -0.05) is 0 Å². The van der Waals surface area contributed by atoms with E-state index < -0.39 is 4.92 Å². The fraction of sp³-hybridized carbons (Fsp3) is 0.615. The molecule has 0 saturated carbocycles. The van der Waals surface area contributed by atoms with Crippen LogP contribution in [0.5, 0.6) is 0 Å². The Morgan fingerprint density at radius 3 is 3.00 bits per heavy atom. The number of hydrogen-bond acceptors (Lipinski definition) is 6. The second kappa shape index (κ2) is 6.15. The molecular weight excluding hydrogens is 260 g/mol. The Morgan fingerprint density at radius 1 is 1.65 bits per heavy atom. The van der Waals surface area contributed by atoms with Gasteiger partial charge in [-0.2, -0.15) is 0 Å². The Bertz CT molecular complexity index is 487. The van der Waals surface area contributed by atoms with Gasteiger partial charge in [0.15, 0.2) is 0 Å². The van der Waals surface area contributed by atoms with Crippen molar-refractivity contribution in [1.29, 1.82) is 0 Å². The van der Waals surface area contributed by atoms with Gasteiger partial charge in [0.1, 0.15) is 12.0 Å². The molecule has 0 bridgehead atoms. The number of methoxy groups -OCH3 is 1. The third kappa shape index (κ3) is 3.23. The number of anilines is 1. The Labute approximate surface area is 117 Å². The molecule has 1 aliphatic heterocycles. The van der Waals surface area contributed by atoms with E-state index in [0.717, 1.165) is 24.9 Å². The van der Waals surface area contributed by atoms with Crippen molar-refractivity contribution >= 4 is 11.5 Å². The lowest BCUT2D eigenvalue weighted by molar-refractivity contribution is -0.385. The van der Waals surface area contributed by atoms with Gasteiger partial charge in [-0.3, -0.25) is 10.1 Å². The molecule has 0 aliphatic carbocycles. The summed E-state index contributed by atoms with van der Waals surface area (Å²) >= 11 is 0. The van der Waals surface area contributed by atoms with Crippen LogP contribution in [0.4, 0.5) is 11.5 Å². The minimum Gasteiger partial charge on any atom is -0.383 e. The maximum absolute atomic E-state index is 10.7. The lowest BCUT2D eigenvalue weighted by Gasteiger charge is -2.29. The van der Waals surface area contributed by atoms with Crippen LogP contribution in [0.2, 0.25) is 0 Å². The summed E-state index contributed by atoms with van der Waals surface area (Å²) in [5.74, 6) is 0.680. The number of ether oxygens (including phenoxy) is 1. The van der Waals surface area contributed by atoms with Gasteiger partial charge < -0.3 is 15.4 Å². The average Bonchev–Trinajstić information content (AvgIpc) is 2.86. The van der Waals surface area contributed by atoms with Crippen molar-refractivity contribution in [3.63, 3.8) is 0 Å². The Balaban J connectivity index is 2.04. The number of nitro groups is 1. The van der Waals surface area contributed by atoms with Crippen LogP contribution in [0.1, 0.15) is 18.4 Å². The summed E-state index contributed by atoms with van der Waals surface area (Å²) in [4.78, 5) is 14.4. The highest BCUT2D eigenvalue weighted by Gasteiger charge is 2.33. The van der Waals surface area contributed by atoms with Crippen LogP contribution in [0.15, 0.2) is 12.3 Å². The fourth-order valence-electron chi connectivity index (χ4n) is 2.57. The highest BCUT2D eigenvalue weighted by molar-refractivity contribution is 5.48. The number of pyridine rings is 1. The molecule has 2 heterocycles. The van der Waals surface area contributed by atoms with Crippen molar-refractivity contribution in [3.8, 4) is 0 Å². The smallest absolute Gasteiger partial charge is 0.287 e. The normalized spacial score (nSPS) is 21.9. The summed E-state index contributed by atoms with van der Waals surface area (Å²) in [5, 5.41) is 17.4. The molecule has 2 N–H and O–H groups in total. The van der Waals surface area contributed by atoms with E-state index in [-0.39, 0.29) is 11.2 Å². The first-order valence-corrected chi connectivity index (χ1v) is 6.65. The number of rotatable bonds is 6.